The van der Waals surface area contributed by atoms with E-state index in [0.29, 0.717) is 63.1 Å². The summed E-state index contributed by atoms with van der Waals surface area (Å²) >= 11 is 0. The molecule has 0 bridgehead atoms. The van der Waals surface area contributed by atoms with Crippen molar-refractivity contribution in [2.45, 2.75) is 54.8 Å². The Balaban J connectivity index is 0.000000163. The molecule has 12 N–H and O–H groups in total. The second-order valence-corrected chi connectivity index (χ2v) is 23.8. The smallest absolute Gasteiger partial charge is 0.421 e. The van der Waals surface area contributed by atoms with Gasteiger partial charge in [-0.1, -0.05) is 146 Å². The predicted molar refractivity (Wildman–Crippen MR) is 392 cm³/mol. The lowest BCUT2D eigenvalue weighted by molar-refractivity contribution is 0.0919. The van der Waals surface area contributed by atoms with Crippen LogP contribution in [0.25, 0.3) is 14.9 Å². The van der Waals surface area contributed by atoms with Crippen molar-refractivity contribution in [3.8, 4) is 17.2 Å². The number of carbonyl (C=O) groups excluding carboxylic acids is 3. The third-order valence-electron chi connectivity index (χ3n) is 17.6. The molecule has 3 saturated heterocycles. The van der Waals surface area contributed by atoms with E-state index in [1.807, 2.05) is 131 Å². The Labute approximate surface area is 596 Å². The third kappa shape index (κ3) is 20.8. The summed E-state index contributed by atoms with van der Waals surface area (Å²) in [6, 6.07) is 58.2. The summed E-state index contributed by atoms with van der Waals surface area (Å²) in [6.45, 7) is 26.6. The highest BCUT2D eigenvalue weighted by Crippen LogP contribution is 2.38. The van der Waals surface area contributed by atoms with Crippen LogP contribution in [0.15, 0.2) is 234 Å². The van der Waals surface area contributed by atoms with E-state index in [1.54, 1.807) is 24.3 Å². The molecule has 0 unspecified atom stereocenters. The van der Waals surface area contributed by atoms with Gasteiger partial charge in [0.1, 0.15) is 27.5 Å². The molecule has 3 fully saturated rings. The topological polar surface area (TPSA) is 365 Å². The number of nitrogens with zero attached hydrogens (tertiary/aromatic N) is 14. The molecule has 3 aliphatic heterocycles. The molecule has 3 amide bonds. The lowest BCUT2D eigenvalue weighted by Crippen LogP contribution is -2.52. The van der Waals surface area contributed by atoms with Crippen molar-refractivity contribution in [2.24, 2.45) is 21.0 Å². The molecule has 0 spiro atoms. The summed E-state index contributed by atoms with van der Waals surface area (Å²) < 4.78 is 16.6. The molecule has 3 aromatic heterocycles. The van der Waals surface area contributed by atoms with Gasteiger partial charge in [0, 0.05) is 99.2 Å². The average Bonchev–Trinajstić information content (AvgIpc) is 0.798. The maximum absolute atomic E-state index is 12.8. The first-order chi connectivity index (χ1) is 50.3. The number of ether oxygens (including phenoxy) is 3. The summed E-state index contributed by atoms with van der Waals surface area (Å²) in [5.41, 5.74) is 26.5. The van der Waals surface area contributed by atoms with Gasteiger partial charge in [-0.3, -0.25) is 14.4 Å². The van der Waals surface area contributed by atoms with Gasteiger partial charge in [0.25, 0.3) is 23.7 Å². The zero-order valence-corrected chi connectivity index (χ0v) is 56.4. The van der Waals surface area contributed by atoms with Gasteiger partial charge in [-0.05, 0) is 105 Å². The van der Waals surface area contributed by atoms with E-state index in [-0.39, 0.29) is 86.6 Å². The zero-order chi connectivity index (χ0) is 72.5. The van der Waals surface area contributed by atoms with E-state index in [0.717, 1.165) is 62.7 Å². The van der Waals surface area contributed by atoms with Crippen molar-refractivity contribution in [3.63, 3.8) is 0 Å². The largest absolute Gasteiger partial charge is 0.475 e. The minimum Gasteiger partial charge on any atom is -0.421 e. The van der Waals surface area contributed by atoms with Crippen molar-refractivity contribution in [1.82, 2.24) is 61.0 Å². The number of anilines is 3. The Kier molecular flexibility index (Phi) is 26.9. The summed E-state index contributed by atoms with van der Waals surface area (Å²) in [6.07, 6.45) is 13.6. The first-order valence-electron chi connectivity index (χ1n) is 33.0. The van der Waals surface area contributed by atoms with Crippen LogP contribution in [-0.2, 0) is 16.2 Å². The van der Waals surface area contributed by atoms with Gasteiger partial charge in [-0.2, -0.15) is 19.7 Å². The number of carbonyl (C=O) groups is 3. The highest BCUT2D eigenvalue weighted by molar-refractivity contribution is 5.97. The molecule has 12 rings (SSSR count). The molecule has 0 saturated carbocycles. The van der Waals surface area contributed by atoms with Crippen molar-refractivity contribution in [3.05, 3.63) is 288 Å². The predicted octanol–water partition coefficient (Wildman–Crippen LogP) is 8.51. The Hall–Kier alpha value is -13.4. The molecule has 524 valence electrons. The van der Waals surface area contributed by atoms with Crippen molar-refractivity contribution < 1.29 is 28.6 Å². The minimum atomic E-state index is -0.356. The minimum absolute atomic E-state index is 0.0564. The molecular weight excluding hydrogens is 1300 g/mol. The SMILES string of the molecule is Nc1nccnc1C(=O)NCC1(c2ccccc2)CCNCC1.[C-]#[N+]/N=C(/N)N1CCC(CNC(=O)c2nccnc2N)(c2ccccc2)CC1.[C-]#[N+]/N=C(/Oc1ccccc1)N1CCC(CNC(=O)c2nccnc2N)(c2ccccc2)CC1.[C-]#[N+]N=C(Oc1ccccc1)Oc1ccccc1. The van der Waals surface area contributed by atoms with Crippen molar-refractivity contribution in [2.75, 3.05) is 76.1 Å². The van der Waals surface area contributed by atoms with E-state index in [4.69, 9.17) is 56.9 Å². The molecule has 0 aliphatic carbocycles. The molecule has 6 heterocycles. The Bertz CT molecular complexity index is 4380. The number of para-hydroxylation sites is 3. The van der Waals surface area contributed by atoms with E-state index < -0.39 is 0 Å². The number of rotatable bonds is 15. The standard InChI is InChI=1S/C25H25N7O2.C19H22N8O.C17H21N5O.C14H10N2O2/c1-27-31-24(34-20-10-6-3-7-11-20)32-16-12-25(13-17-32,19-8-4-2-5-9-19)18-30-23(33)21-22(26)29-15-14-28-21;1-22-26-18(21)27-11-7-19(8-12-27,14-5-3-2-4-6-14)13-25-17(28)15-16(20)24-10-9-23-15;18-15-14(20-10-11-21-15)16(23)22-12-17(6-8-19-9-7-17)13-4-2-1-3-5-13;1-15-16-14(17-12-8-4-2-5-9-12)18-13-10-6-3-7-11-13/h2-11,14-15H,12-13,16-18H2,(H2,26,29)(H,30,33);2-6,9-10H,7-8,11-13H2,(H2,20,24)(H2,21,26)(H,25,28);1-5,10-11,19H,6-9,12H2,(H2,18,21)(H,22,23);2-11H/b31-24+;;;. The van der Waals surface area contributed by atoms with E-state index in [2.05, 4.69) is 118 Å². The van der Waals surface area contributed by atoms with Crippen LogP contribution >= 0.6 is 0 Å². The number of nitrogens with one attached hydrogen (secondary N) is 4. The zero-order valence-electron chi connectivity index (χ0n) is 56.4. The number of aromatic nitrogens is 6. The second-order valence-electron chi connectivity index (χ2n) is 23.8. The Morgan fingerprint density at radius 1 is 0.417 bits per heavy atom. The number of hydrogen-bond acceptors (Lipinski definition) is 19. The number of piperidine rings is 3. The van der Waals surface area contributed by atoms with E-state index >= 15 is 0 Å². The lowest BCUT2D eigenvalue weighted by atomic mass is 9.72. The van der Waals surface area contributed by atoms with Crippen LogP contribution in [0.4, 0.5) is 17.5 Å². The first kappa shape index (κ1) is 73.8. The number of hydrogen-bond donors (Lipinski definition) is 8. The molecule has 3 aliphatic rings. The van der Waals surface area contributed by atoms with Crippen LogP contribution < -0.4 is 58.4 Å². The quantitative estimate of drug-likeness (QED) is 0.0206. The molecular formula is C75H78N22O6. The normalized spacial score (nSPS) is 14.8. The molecule has 103 heavy (non-hydrogen) atoms. The number of guanidine groups is 1. The summed E-state index contributed by atoms with van der Waals surface area (Å²) in [4.78, 5) is 74.6. The number of nitrogen functional groups attached to an aromatic ring is 3. The third-order valence-corrected chi connectivity index (χ3v) is 17.6. The number of amides is 3. The molecule has 0 radical (unpaired) electrons. The molecule has 28 heteroatoms. The van der Waals surface area contributed by atoms with Gasteiger partial charge in [-0.25, -0.2) is 29.9 Å². The number of nitrogens with two attached hydrogens (primary N) is 4. The summed E-state index contributed by atoms with van der Waals surface area (Å²) in [7, 11) is 0. The monoisotopic (exact) mass is 1380 g/mol. The van der Waals surface area contributed by atoms with E-state index in [1.165, 1.54) is 42.7 Å². The highest BCUT2D eigenvalue weighted by atomic mass is 16.7. The van der Waals surface area contributed by atoms with Crippen LogP contribution in [0.5, 0.6) is 17.2 Å². The van der Waals surface area contributed by atoms with Gasteiger partial charge < -0.3 is 68.2 Å². The Morgan fingerprint density at radius 3 is 1.05 bits per heavy atom. The van der Waals surface area contributed by atoms with Crippen LogP contribution in [-0.4, -0.2) is 134 Å². The van der Waals surface area contributed by atoms with Gasteiger partial charge in [-0.15, -0.1) is 14.9 Å². The molecule has 28 nitrogen and oxygen atoms in total. The second kappa shape index (κ2) is 37.5. The molecule has 6 aromatic carbocycles. The van der Waals surface area contributed by atoms with E-state index in [9.17, 15) is 14.4 Å². The average molecular weight is 1380 g/mol. The number of amidine groups is 1. The van der Waals surface area contributed by atoms with Crippen LogP contribution in [0.1, 0.15) is 86.7 Å². The fraction of sp³-hybridized carbons (Fsp3) is 0.240. The molecule has 9 aromatic rings. The first-order valence-corrected chi connectivity index (χ1v) is 33.0. The number of likely N-dealkylation sites (tertiary alicyclic amines) is 2. The lowest BCUT2D eigenvalue weighted by Gasteiger charge is -2.42. The maximum Gasteiger partial charge on any atom is 0.475 e. The van der Waals surface area contributed by atoms with Crippen molar-refractivity contribution >= 4 is 53.2 Å². The molecule has 0 atom stereocenters. The fourth-order valence-electron chi connectivity index (χ4n) is 12.0. The van der Waals surface area contributed by atoms with Gasteiger partial charge in [0.05, 0.1) is 0 Å². The fourth-order valence-corrected chi connectivity index (χ4v) is 12.0. The van der Waals surface area contributed by atoms with Crippen LogP contribution in [0.2, 0.25) is 0 Å². The van der Waals surface area contributed by atoms with Crippen LogP contribution in [0, 0.1) is 19.7 Å². The number of benzene rings is 6. The summed E-state index contributed by atoms with van der Waals surface area (Å²) in [5.74, 6) is 1.36. The van der Waals surface area contributed by atoms with Crippen molar-refractivity contribution in [1.29, 1.82) is 0 Å². The van der Waals surface area contributed by atoms with Gasteiger partial charge >= 0.3 is 12.1 Å². The summed E-state index contributed by atoms with van der Waals surface area (Å²) in [5, 5.41) is 23.3. The maximum atomic E-state index is 12.8. The highest BCUT2D eigenvalue weighted by Gasteiger charge is 2.40. The van der Waals surface area contributed by atoms with Crippen LogP contribution in [0.3, 0.4) is 0 Å². The van der Waals surface area contributed by atoms with Gasteiger partial charge in [0.15, 0.2) is 39.6 Å². The Morgan fingerprint density at radius 2 is 0.718 bits per heavy atom. The van der Waals surface area contributed by atoms with Gasteiger partial charge in [0.2, 0.25) is 0 Å².